The van der Waals surface area contributed by atoms with Gasteiger partial charge in [-0.25, -0.2) is 0 Å². The molecule has 0 amide bonds. The summed E-state index contributed by atoms with van der Waals surface area (Å²) in [7, 11) is 0. The van der Waals surface area contributed by atoms with Crippen LogP contribution in [0.3, 0.4) is 0 Å². The third-order valence-corrected chi connectivity index (χ3v) is 18.4. The van der Waals surface area contributed by atoms with Crippen LogP contribution in [0.5, 0.6) is 0 Å². The van der Waals surface area contributed by atoms with Crippen molar-refractivity contribution in [3.63, 3.8) is 0 Å². The van der Waals surface area contributed by atoms with Crippen molar-refractivity contribution >= 4 is 33.7 Å². The molecule has 0 bridgehead atoms. The Morgan fingerprint density at radius 3 is 2.15 bits per heavy atom. The number of hydrogen-bond donors (Lipinski definition) is 1. The number of Topliss-reactive ketones (excluding diaryl/α,β-unsaturated/α-hetero) is 1. The largest absolute Gasteiger partial charge is 0.463 e. The molecule has 1 saturated heterocycles. The van der Waals surface area contributed by atoms with E-state index in [1.807, 2.05) is 13.8 Å². The lowest BCUT2D eigenvalue weighted by molar-refractivity contribution is -0.319. The number of alkyl halides is 1. The number of aliphatic hydroxyl groups is 1. The van der Waals surface area contributed by atoms with Crippen LogP contribution in [0.15, 0.2) is 0 Å². The van der Waals surface area contributed by atoms with Gasteiger partial charge in [-0.15, -0.1) is 0 Å². The Morgan fingerprint density at radius 1 is 0.923 bits per heavy atom. The topological polar surface area (TPSA) is 108 Å². The summed E-state index contributed by atoms with van der Waals surface area (Å²) in [5.74, 6) is 0.683. The van der Waals surface area contributed by atoms with Gasteiger partial charge in [-0.05, 0) is 123 Å². The maximum atomic E-state index is 15.0. The normalized spacial score (nSPS) is 44.8. The van der Waals surface area contributed by atoms with Gasteiger partial charge in [-0.2, -0.15) is 0 Å². The average molecular weight is 796 g/mol. The number of halogens is 1. The summed E-state index contributed by atoms with van der Waals surface area (Å²) in [6.07, 6.45) is 6.25. The van der Waals surface area contributed by atoms with E-state index >= 15 is 4.79 Å². The molecule has 15 atom stereocenters. The Kier molecular flexibility index (Phi) is 11.7. The van der Waals surface area contributed by atoms with Crippen LogP contribution in [-0.2, 0) is 33.3 Å². The van der Waals surface area contributed by atoms with E-state index in [-0.39, 0.29) is 62.7 Å². The highest BCUT2D eigenvalue weighted by Crippen LogP contribution is 2.75. The van der Waals surface area contributed by atoms with Crippen LogP contribution in [0, 0.1) is 63.1 Å². The van der Waals surface area contributed by atoms with Crippen LogP contribution in [0.1, 0.15) is 148 Å². The van der Waals surface area contributed by atoms with E-state index < -0.39 is 35.7 Å². The van der Waals surface area contributed by atoms with Gasteiger partial charge < -0.3 is 24.1 Å². The van der Waals surface area contributed by atoms with E-state index in [9.17, 15) is 14.7 Å². The molecule has 1 heterocycles. The maximum absolute atomic E-state index is 15.0. The molecule has 9 heteroatoms. The highest BCUT2D eigenvalue weighted by Gasteiger charge is 2.71. The molecule has 0 radical (unpaired) electrons. The van der Waals surface area contributed by atoms with Crippen molar-refractivity contribution in [3.8, 4) is 0 Å². The fraction of sp³-hybridized carbons (Fsp3) is 0.930. The molecule has 4 saturated carbocycles. The fourth-order valence-electron chi connectivity index (χ4n) is 12.8. The predicted molar refractivity (Wildman–Crippen MR) is 205 cm³/mol. The van der Waals surface area contributed by atoms with Crippen LogP contribution in [0.2, 0.25) is 0 Å². The summed E-state index contributed by atoms with van der Waals surface area (Å²) in [4.78, 5) is 39.1. The first-order valence-electron chi connectivity index (χ1n) is 20.4. The number of fused-ring (bicyclic) bond motifs is 5. The van der Waals surface area contributed by atoms with Crippen molar-refractivity contribution < 1.29 is 38.4 Å². The molecule has 0 aromatic rings. The second-order valence-corrected chi connectivity index (χ2v) is 21.4. The molecule has 8 nitrogen and oxygen atoms in total. The zero-order valence-corrected chi connectivity index (χ0v) is 36.2. The number of ketones is 1. The van der Waals surface area contributed by atoms with Gasteiger partial charge in [0.25, 0.3) is 0 Å². The quantitative estimate of drug-likeness (QED) is 0.173. The molecule has 5 rings (SSSR count). The second-order valence-electron chi connectivity index (χ2n) is 20.3. The number of carbonyl (C=O) groups is 3. The molecule has 298 valence electrons. The van der Waals surface area contributed by atoms with Crippen molar-refractivity contribution in [3.05, 3.63) is 0 Å². The minimum atomic E-state index is -0.966. The zero-order chi connectivity index (χ0) is 39.0. The van der Waals surface area contributed by atoms with Gasteiger partial charge in [0.2, 0.25) is 0 Å². The van der Waals surface area contributed by atoms with Gasteiger partial charge in [0, 0.05) is 36.9 Å². The lowest BCUT2D eigenvalue weighted by atomic mass is 9.34. The Hall–Kier alpha value is -1.03. The van der Waals surface area contributed by atoms with E-state index in [1.54, 1.807) is 13.8 Å². The standard InChI is InChI=1S/C43H71BrO8/c1-24-14-18-40(10)32(38(24,6)7)16-20-41(11)33(40)22-30(47)35-29(15-19-42(35,41)12)43(13,21-17-34(44)39(8,9)48)52-37-36(50-28(5)46)26(3)25(2)31(51-37)23-49-27(4)45/h24-26,29,31-37,48H,14-23H2,1-13H3/t24-,25-,26-,29?,31?,32?,33?,34?,35?,36?,37-,40-,41+,42+,43-/m0/s1. The van der Waals surface area contributed by atoms with Gasteiger partial charge in [0.15, 0.2) is 12.4 Å². The summed E-state index contributed by atoms with van der Waals surface area (Å²) in [5, 5.41) is 11.0. The van der Waals surface area contributed by atoms with Gasteiger partial charge >= 0.3 is 11.9 Å². The molecular weight excluding hydrogens is 724 g/mol. The SMILES string of the molecule is CC(=O)OCC1O[C@@H](O[C@@](C)(CCC(Br)C(C)(C)O)C2CC[C@]3(C)C2C(=O)CC2[C@@]4(C)CC[C@H](C)C(C)(C)C4CC[C@]23C)C(OC(C)=O)[C@@H](C)[C@@H]1C. The highest BCUT2D eigenvalue weighted by molar-refractivity contribution is 9.09. The molecule has 1 aliphatic heterocycles. The van der Waals surface area contributed by atoms with E-state index in [0.29, 0.717) is 42.8 Å². The minimum absolute atomic E-state index is 0.00881. The second kappa shape index (κ2) is 14.5. The van der Waals surface area contributed by atoms with Gasteiger partial charge in [0.05, 0.1) is 17.3 Å². The zero-order valence-electron chi connectivity index (χ0n) is 34.6. The van der Waals surface area contributed by atoms with Crippen LogP contribution in [0.25, 0.3) is 0 Å². The summed E-state index contributed by atoms with van der Waals surface area (Å²) in [6.45, 7) is 27.5. The Balaban J connectivity index is 1.53. The van der Waals surface area contributed by atoms with Crippen LogP contribution in [-0.4, -0.2) is 64.0 Å². The monoisotopic (exact) mass is 794 g/mol. The number of rotatable bonds is 10. The molecular formula is C43H71BrO8. The fourth-order valence-corrected chi connectivity index (χ4v) is 13.0. The lowest BCUT2D eigenvalue weighted by Gasteiger charge is -2.69. The summed E-state index contributed by atoms with van der Waals surface area (Å²) in [5.41, 5.74) is -1.64. The van der Waals surface area contributed by atoms with E-state index in [2.05, 4.69) is 64.4 Å². The first kappa shape index (κ1) is 42.1. The molecule has 7 unspecified atom stereocenters. The Bertz CT molecular complexity index is 1360. The average Bonchev–Trinajstić information content (AvgIpc) is 3.42. The molecule has 52 heavy (non-hydrogen) atoms. The first-order chi connectivity index (χ1) is 23.8. The van der Waals surface area contributed by atoms with E-state index in [0.717, 1.165) is 19.3 Å². The van der Waals surface area contributed by atoms with Crippen molar-refractivity contribution in [2.24, 2.45) is 63.1 Å². The molecule has 1 N–H and O–H groups in total. The maximum Gasteiger partial charge on any atom is 0.303 e. The number of ether oxygens (including phenoxy) is 4. The Labute approximate surface area is 323 Å². The first-order valence-corrected chi connectivity index (χ1v) is 21.3. The van der Waals surface area contributed by atoms with Crippen molar-refractivity contribution in [1.29, 1.82) is 0 Å². The number of carbonyl (C=O) groups excluding carboxylic acids is 3. The molecule has 0 aromatic carbocycles. The number of hydrogen-bond acceptors (Lipinski definition) is 8. The molecule has 5 fully saturated rings. The van der Waals surface area contributed by atoms with Crippen LogP contribution < -0.4 is 0 Å². The lowest BCUT2D eigenvalue weighted by Crippen LogP contribution is -2.65. The highest BCUT2D eigenvalue weighted by atomic mass is 79.9. The number of esters is 2. The van der Waals surface area contributed by atoms with E-state index in [4.69, 9.17) is 18.9 Å². The Morgan fingerprint density at radius 2 is 1.56 bits per heavy atom. The van der Waals surface area contributed by atoms with Crippen LogP contribution in [0.4, 0.5) is 0 Å². The summed E-state index contributed by atoms with van der Waals surface area (Å²) in [6, 6.07) is 0. The molecule has 5 aliphatic rings. The predicted octanol–water partition coefficient (Wildman–Crippen LogP) is 9.07. The van der Waals surface area contributed by atoms with Gasteiger partial charge in [-0.3, -0.25) is 14.4 Å². The van der Waals surface area contributed by atoms with Crippen LogP contribution >= 0.6 is 15.9 Å². The molecule has 4 aliphatic carbocycles. The van der Waals surface area contributed by atoms with Crippen molar-refractivity contribution in [2.45, 2.75) is 182 Å². The van der Waals surface area contributed by atoms with Gasteiger partial charge in [0.1, 0.15) is 12.4 Å². The third-order valence-electron chi connectivity index (χ3n) is 16.8. The third kappa shape index (κ3) is 7.10. The smallest absolute Gasteiger partial charge is 0.303 e. The van der Waals surface area contributed by atoms with Gasteiger partial charge in [-0.1, -0.05) is 71.3 Å². The van der Waals surface area contributed by atoms with E-state index in [1.165, 1.54) is 33.1 Å². The summed E-state index contributed by atoms with van der Waals surface area (Å²) >= 11 is 3.77. The molecule has 0 aromatic heterocycles. The summed E-state index contributed by atoms with van der Waals surface area (Å²) < 4.78 is 25.3. The molecule has 0 spiro atoms. The van der Waals surface area contributed by atoms with Crippen molar-refractivity contribution in [1.82, 2.24) is 0 Å². The minimum Gasteiger partial charge on any atom is -0.463 e. The van der Waals surface area contributed by atoms with Crippen molar-refractivity contribution in [2.75, 3.05) is 6.61 Å².